The van der Waals surface area contributed by atoms with E-state index in [1.165, 1.54) is 0 Å². The molecule has 0 saturated carbocycles. The zero-order valence-corrected chi connectivity index (χ0v) is 8.45. The average Bonchev–Trinajstić information content (AvgIpc) is 2.26. The minimum Gasteiger partial charge on any atom is -0.497 e. The highest BCUT2D eigenvalue weighted by Gasteiger charge is 1.94. The van der Waals surface area contributed by atoms with E-state index in [-0.39, 0.29) is 0 Å². The van der Waals surface area contributed by atoms with Crippen molar-refractivity contribution in [3.8, 4) is 5.75 Å². The van der Waals surface area contributed by atoms with Crippen LogP contribution in [-0.2, 0) is 6.54 Å². The molecule has 0 spiro atoms. The quantitative estimate of drug-likeness (QED) is 0.327. The Labute approximate surface area is 83.8 Å². The molecular formula is C10H15N3O. The topological polar surface area (TPSA) is 59.6 Å². The number of amidine groups is 1. The summed E-state index contributed by atoms with van der Waals surface area (Å²) >= 11 is 0. The molecule has 0 radical (unpaired) electrons. The third kappa shape index (κ3) is 3.06. The highest BCUT2D eigenvalue weighted by atomic mass is 16.5. The van der Waals surface area contributed by atoms with E-state index in [0.29, 0.717) is 12.4 Å². The lowest BCUT2D eigenvalue weighted by atomic mass is 10.2. The molecular weight excluding hydrogens is 178 g/mol. The van der Waals surface area contributed by atoms with Crippen molar-refractivity contribution in [2.45, 2.75) is 13.5 Å². The van der Waals surface area contributed by atoms with E-state index < -0.39 is 0 Å². The Morgan fingerprint density at radius 3 is 3.00 bits per heavy atom. The lowest BCUT2D eigenvalue weighted by molar-refractivity contribution is 0.414. The van der Waals surface area contributed by atoms with E-state index in [0.717, 1.165) is 11.3 Å². The van der Waals surface area contributed by atoms with Crippen LogP contribution in [0.5, 0.6) is 5.75 Å². The van der Waals surface area contributed by atoms with Crippen LogP contribution >= 0.6 is 0 Å². The number of methoxy groups -OCH3 is 1. The number of nitrogens with one attached hydrogen (secondary N) is 1. The maximum atomic E-state index is 5.19. The average molecular weight is 193 g/mol. The van der Waals surface area contributed by atoms with Gasteiger partial charge >= 0.3 is 0 Å². The summed E-state index contributed by atoms with van der Waals surface area (Å²) in [6.07, 6.45) is 0. The van der Waals surface area contributed by atoms with Crippen molar-refractivity contribution in [3.63, 3.8) is 0 Å². The lowest BCUT2D eigenvalue weighted by Crippen LogP contribution is -2.27. The second-order valence-corrected chi connectivity index (χ2v) is 2.90. The highest BCUT2D eigenvalue weighted by Crippen LogP contribution is 2.12. The van der Waals surface area contributed by atoms with Gasteiger partial charge in [-0.05, 0) is 24.6 Å². The van der Waals surface area contributed by atoms with Crippen molar-refractivity contribution in [2.24, 2.45) is 10.8 Å². The highest BCUT2D eigenvalue weighted by molar-refractivity contribution is 5.78. The fraction of sp³-hybridized carbons (Fsp3) is 0.300. The third-order valence-corrected chi connectivity index (χ3v) is 1.84. The maximum Gasteiger partial charge on any atom is 0.119 e. The van der Waals surface area contributed by atoms with Crippen LogP contribution in [0.1, 0.15) is 12.5 Å². The van der Waals surface area contributed by atoms with Crippen LogP contribution in [-0.4, -0.2) is 12.9 Å². The molecule has 76 valence electrons. The van der Waals surface area contributed by atoms with E-state index in [2.05, 4.69) is 10.4 Å². The number of hydrazine groups is 1. The van der Waals surface area contributed by atoms with E-state index >= 15 is 0 Å². The predicted octanol–water partition coefficient (Wildman–Crippen LogP) is 1.08. The molecule has 0 atom stereocenters. The Kier molecular flexibility index (Phi) is 3.94. The number of benzene rings is 1. The first-order chi connectivity index (χ1) is 6.76. The first-order valence-corrected chi connectivity index (χ1v) is 4.37. The summed E-state index contributed by atoms with van der Waals surface area (Å²) in [4.78, 5) is 4.21. The predicted molar refractivity (Wildman–Crippen MR) is 57.1 cm³/mol. The molecule has 0 saturated heterocycles. The van der Waals surface area contributed by atoms with Crippen molar-refractivity contribution in [2.75, 3.05) is 7.11 Å². The molecule has 0 amide bonds. The number of nitrogens with zero attached hydrogens (tertiary/aromatic N) is 1. The number of rotatable bonds is 3. The first-order valence-electron chi connectivity index (χ1n) is 4.37. The molecule has 0 heterocycles. The van der Waals surface area contributed by atoms with Crippen LogP contribution in [0.4, 0.5) is 0 Å². The summed E-state index contributed by atoms with van der Waals surface area (Å²) in [5.74, 6) is 6.75. The summed E-state index contributed by atoms with van der Waals surface area (Å²) in [6, 6.07) is 7.79. The van der Waals surface area contributed by atoms with Gasteiger partial charge in [-0.25, -0.2) is 5.84 Å². The molecule has 1 rings (SSSR count). The van der Waals surface area contributed by atoms with Crippen LogP contribution in [0.25, 0.3) is 0 Å². The van der Waals surface area contributed by atoms with Gasteiger partial charge in [0.1, 0.15) is 11.6 Å². The minimum absolute atomic E-state index is 0.604. The van der Waals surface area contributed by atoms with Gasteiger partial charge in [0.05, 0.1) is 13.7 Å². The van der Waals surface area contributed by atoms with E-state index in [9.17, 15) is 0 Å². The van der Waals surface area contributed by atoms with E-state index in [4.69, 9.17) is 10.6 Å². The fourth-order valence-corrected chi connectivity index (χ4v) is 1.03. The van der Waals surface area contributed by atoms with E-state index in [1.807, 2.05) is 31.2 Å². The number of nitrogens with two attached hydrogens (primary N) is 1. The van der Waals surface area contributed by atoms with Crippen molar-refractivity contribution in [3.05, 3.63) is 29.8 Å². The smallest absolute Gasteiger partial charge is 0.119 e. The fourth-order valence-electron chi connectivity index (χ4n) is 1.03. The number of ether oxygens (including phenoxy) is 1. The summed E-state index contributed by atoms with van der Waals surface area (Å²) in [6.45, 7) is 2.42. The molecule has 0 unspecified atom stereocenters. The van der Waals surface area contributed by atoms with Crippen LogP contribution in [0.15, 0.2) is 29.3 Å². The molecule has 0 aliphatic heterocycles. The van der Waals surface area contributed by atoms with Crippen LogP contribution in [0.2, 0.25) is 0 Å². The van der Waals surface area contributed by atoms with Crippen molar-refractivity contribution in [1.29, 1.82) is 0 Å². The molecule has 4 heteroatoms. The Bertz CT molecular complexity index is 323. The molecule has 3 N–H and O–H groups in total. The zero-order chi connectivity index (χ0) is 10.4. The van der Waals surface area contributed by atoms with Gasteiger partial charge in [-0.1, -0.05) is 12.1 Å². The second kappa shape index (κ2) is 5.24. The molecule has 4 nitrogen and oxygen atoms in total. The van der Waals surface area contributed by atoms with Crippen LogP contribution in [0.3, 0.4) is 0 Å². The summed E-state index contributed by atoms with van der Waals surface area (Å²) in [5, 5.41) is 0. The van der Waals surface area contributed by atoms with Crippen molar-refractivity contribution < 1.29 is 4.74 Å². The summed E-state index contributed by atoms with van der Waals surface area (Å²) in [7, 11) is 1.65. The Hall–Kier alpha value is -1.55. The third-order valence-electron chi connectivity index (χ3n) is 1.84. The Balaban J connectivity index is 2.67. The SMILES string of the molecule is COc1cccc(CN=C(C)NN)c1. The zero-order valence-electron chi connectivity index (χ0n) is 8.45. The summed E-state index contributed by atoms with van der Waals surface area (Å²) < 4.78 is 5.10. The summed E-state index contributed by atoms with van der Waals surface area (Å²) in [5.41, 5.74) is 3.58. The van der Waals surface area contributed by atoms with E-state index in [1.54, 1.807) is 7.11 Å². The van der Waals surface area contributed by atoms with Gasteiger partial charge in [0.25, 0.3) is 0 Å². The van der Waals surface area contributed by atoms with Crippen molar-refractivity contribution in [1.82, 2.24) is 5.43 Å². The molecule has 0 aliphatic rings. The Morgan fingerprint density at radius 2 is 2.36 bits per heavy atom. The van der Waals surface area contributed by atoms with Gasteiger partial charge in [0.15, 0.2) is 0 Å². The van der Waals surface area contributed by atoms with Crippen LogP contribution < -0.4 is 16.0 Å². The standard InChI is InChI=1S/C10H15N3O/c1-8(13-11)12-7-9-4-3-5-10(6-9)14-2/h3-6H,7,11H2,1-2H3,(H,12,13). The first kappa shape index (κ1) is 10.5. The molecule has 14 heavy (non-hydrogen) atoms. The number of aliphatic imine (C=N–C) groups is 1. The molecule has 0 aromatic heterocycles. The van der Waals surface area contributed by atoms with Crippen LogP contribution in [0, 0.1) is 0 Å². The van der Waals surface area contributed by atoms with Crippen molar-refractivity contribution >= 4 is 5.84 Å². The largest absolute Gasteiger partial charge is 0.497 e. The van der Waals surface area contributed by atoms with Gasteiger partial charge in [-0.3, -0.25) is 4.99 Å². The maximum absolute atomic E-state index is 5.19. The lowest BCUT2D eigenvalue weighted by Gasteiger charge is -2.02. The molecule has 0 bridgehead atoms. The van der Waals surface area contributed by atoms with Gasteiger partial charge in [0.2, 0.25) is 0 Å². The Morgan fingerprint density at radius 1 is 1.57 bits per heavy atom. The van der Waals surface area contributed by atoms with Gasteiger partial charge < -0.3 is 10.2 Å². The number of hydrogen-bond donors (Lipinski definition) is 2. The number of hydrogen-bond acceptors (Lipinski definition) is 3. The molecule has 1 aromatic carbocycles. The van der Waals surface area contributed by atoms with Gasteiger partial charge in [0, 0.05) is 0 Å². The van der Waals surface area contributed by atoms with Gasteiger partial charge in [-0.15, -0.1) is 0 Å². The normalized spacial score (nSPS) is 11.2. The minimum atomic E-state index is 0.604. The molecule has 0 aliphatic carbocycles. The molecule has 0 fully saturated rings. The second-order valence-electron chi connectivity index (χ2n) is 2.90. The molecule has 1 aromatic rings. The van der Waals surface area contributed by atoms with Gasteiger partial charge in [-0.2, -0.15) is 0 Å². The monoisotopic (exact) mass is 193 g/mol.